The normalized spacial score (nSPS) is 20.7. The number of rotatable bonds is 9. The summed E-state index contributed by atoms with van der Waals surface area (Å²) in [6.07, 6.45) is -0.372. The Hall–Kier alpha value is -2.86. The third-order valence-electron chi connectivity index (χ3n) is 6.40. The number of amides is 1. The molecular formula is C27H37N3O7S. The Kier molecular flexibility index (Phi) is 9.14. The van der Waals surface area contributed by atoms with E-state index in [0.29, 0.717) is 49.2 Å². The summed E-state index contributed by atoms with van der Waals surface area (Å²) < 4.78 is 50.7. The summed E-state index contributed by atoms with van der Waals surface area (Å²) in [5.74, 6) is 0.786. The average molecular weight is 548 g/mol. The van der Waals surface area contributed by atoms with Gasteiger partial charge in [0.25, 0.3) is 5.91 Å². The number of ether oxygens (including phenoxy) is 4. The van der Waals surface area contributed by atoms with Gasteiger partial charge in [-0.05, 0) is 52.0 Å². The highest BCUT2D eigenvalue weighted by atomic mass is 32.2. The van der Waals surface area contributed by atoms with E-state index in [9.17, 15) is 13.2 Å². The first kappa shape index (κ1) is 28.2. The summed E-state index contributed by atoms with van der Waals surface area (Å²) in [6.45, 7) is 11.7. The highest BCUT2D eigenvalue weighted by molar-refractivity contribution is 7.89. The molecule has 0 unspecified atom stereocenters. The van der Waals surface area contributed by atoms with E-state index in [2.05, 4.69) is 10.2 Å². The van der Waals surface area contributed by atoms with Crippen LogP contribution in [0.4, 0.5) is 11.4 Å². The van der Waals surface area contributed by atoms with Crippen molar-refractivity contribution in [2.24, 2.45) is 0 Å². The van der Waals surface area contributed by atoms with Crippen LogP contribution < -0.4 is 19.7 Å². The Morgan fingerprint density at radius 1 is 0.974 bits per heavy atom. The number of carbonyl (C=O) groups excluding carboxylic acids is 1. The van der Waals surface area contributed by atoms with Crippen LogP contribution in [0.15, 0.2) is 41.3 Å². The first-order valence-electron chi connectivity index (χ1n) is 13.1. The number of nitrogens with one attached hydrogen (secondary N) is 1. The van der Waals surface area contributed by atoms with E-state index in [4.69, 9.17) is 18.9 Å². The molecule has 0 aliphatic carbocycles. The van der Waals surface area contributed by atoms with Crippen molar-refractivity contribution in [3.05, 3.63) is 42.0 Å². The Labute approximate surface area is 224 Å². The lowest BCUT2D eigenvalue weighted by atomic mass is 10.1. The van der Waals surface area contributed by atoms with Crippen molar-refractivity contribution in [1.82, 2.24) is 4.31 Å². The monoisotopic (exact) mass is 547 g/mol. The molecule has 2 heterocycles. The first-order chi connectivity index (χ1) is 18.2. The highest BCUT2D eigenvalue weighted by Gasteiger charge is 2.32. The fourth-order valence-electron chi connectivity index (χ4n) is 4.69. The fourth-order valence-corrected chi connectivity index (χ4v) is 6.28. The minimum absolute atomic E-state index is 0.138. The van der Waals surface area contributed by atoms with Gasteiger partial charge in [0.15, 0.2) is 0 Å². The number of hydrogen-bond donors (Lipinski definition) is 1. The second-order valence-corrected chi connectivity index (χ2v) is 11.3. The summed E-state index contributed by atoms with van der Waals surface area (Å²) >= 11 is 0. The predicted octanol–water partition coefficient (Wildman–Crippen LogP) is 3.37. The van der Waals surface area contributed by atoms with Gasteiger partial charge in [0.1, 0.15) is 11.5 Å². The van der Waals surface area contributed by atoms with Crippen LogP contribution in [0.1, 0.15) is 38.1 Å². The average Bonchev–Trinajstić information content (AvgIpc) is 2.90. The van der Waals surface area contributed by atoms with E-state index >= 15 is 0 Å². The van der Waals surface area contributed by atoms with E-state index in [1.165, 1.54) is 28.6 Å². The van der Waals surface area contributed by atoms with E-state index in [1.807, 2.05) is 33.8 Å². The predicted molar refractivity (Wildman–Crippen MR) is 145 cm³/mol. The van der Waals surface area contributed by atoms with Crippen molar-refractivity contribution in [3.63, 3.8) is 0 Å². The number of benzene rings is 2. The highest BCUT2D eigenvalue weighted by Crippen LogP contribution is 2.39. The Bertz CT molecular complexity index is 1200. The smallest absolute Gasteiger partial charge is 0.255 e. The molecule has 1 amide bonds. The molecule has 2 aliphatic rings. The maximum atomic E-state index is 13.2. The third-order valence-corrected chi connectivity index (χ3v) is 8.25. The first-order valence-corrected chi connectivity index (χ1v) is 14.5. The maximum Gasteiger partial charge on any atom is 0.255 e. The number of morpholine rings is 2. The molecule has 2 fully saturated rings. The van der Waals surface area contributed by atoms with Crippen LogP contribution >= 0.6 is 0 Å². The van der Waals surface area contributed by atoms with Crippen molar-refractivity contribution < 1.29 is 32.2 Å². The lowest BCUT2D eigenvalue weighted by Gasteiger charge is -2.34. The molecule has 0 saturated carbocycles. The van der Waals surface area contributed by atoms with Gasteiger partial charge < -0.3 is 29.2 Å². The van der Waals surface area contributed by atoms with Gasteiger partial charge >= 0.3 is 0 Å². The van der Waals surface area contributed by atoms with E-state index in [-0.39, 0.29) is 36.1 Å². The molecule has 4 rings (SSSR count). The summed E-state index contributed by atoms with van der Waals surface area (Å²) in [4.78, 5) is 15.5. The van der Waals surface area contributed by atoms with E-state index in [0.717, 1.165) is 18.8 Å². The number of carbonyl (C=O) groups is 1. The van der Waals surface area contributed by atoms with Crippen LogP contribution in [0.5, 0.6) is 11.5 Å². The van der Waals surface area contributed by atoms with Crippen molar-refractivity contribution in [2.75, 3.05) is 62.8 Å². The second kappa shape index (κ2) is 12.3. The van der Waals surface area contributed by atoms with Gasteiger partial charge in [-0.1, -0.05) is 0 Å². The number of nitrogens with zero attached hydrogens (tertiary/aromatic N) is 2. The summed E-state index contributed by atoms with van der Waals surface area (Å²) in [5, 5.41) is 2.91. The van der Waals surface area contributed by atoms with Crippen LogP contribution in [0.25, 0.3) is 0 Å². The Morgan fingerprint density at radius 2 is 1.58 bits per heavy atom. The molecule has 2 saturated heterocycles. The van der Waals surface area contributed by atoms with Crippen molar-refractivity contribution in [2.45, 2.75) is 44.8 Å². The van der Waals surface area contributed by atoms with Gasteiger partial charge in [0.05, 0.1) is 54.9 Å². The summed E-state index contributed by atoms with van der Waals surface area (Å²) in [5.41, 5.74) is 1.69. The zero-order chi connectivity index (χ0) is 27.3. The summed E-state index contributed by atoms with van der Waals surface area (Å²) in [7, 11) is -3.70. The summed E-state index contributed by atoms with van der Waals surface area (Å²) in [6, 6.07) is 9.62. The molecule has 0 aromatic heterocycles. The lowest BCUT2D eigenvalue weighted by Crippen LogP contribution is -2.48. The SMILES string of the molecule is CCOc1cc(N2CCOCC2)c(OCC)cc1NC(=O)c1ccc(S(=O)(=O)N2C[C@@H](C)O[C@H](C)C2)cc1. The fraction of sp³-hybridized carbons (Fsp3) is 0.519. The molecule has 2 aromatic carbocycles. The van der Waals surface area contributed by atoms with E-state index in [1.54, 1.807) is 6.07 Å². The zero-order valence-electron chi connectivity index (χ0n) is 22.4. The zero-order valence-corrected chi connectivity index (χ0v) is 23.3. The van der Waals surface area contributed by atoms with Gasteiger partial charge in [0, 0.05) is 43.9 Å². The molecule has 2 aromatic rings. The number of sulfonamides is 1. The van der Waals surface area contributed by atoms with Gasteiger partial charge in [-0.3, -0.25) is 4.79 Å². The van der Waals surface area contributed by atoms with Gasteiger partial charge in [0.2, 0.25) is 10.0 Å². The van der Waals surface area contributed by atoms with Crippen LogP contribution in [0, 0.1) is 0 Å². The molecule has 0 radical (unpaired) electrons. The van der Waals surface area contributed by atoms with Crippen molar-refractivity contribution >= 4 is 27.3 Å². The minimum atomic E-state index is -3.70. The maximum absolute atomic E-state index is 13.2. The standard InChI is InChI=1S/C27H37N3O7S/c1-5-35-25-16-24(29-11-13-34-14-12-29)26(36-6-2)15-23(25)28-27(31)21-7-9-22(10-8-21)38(32,33)30-17-19(3)37-20(4)18-30/h7-10,15-16,19-20H,5-6,11-14,17-18H2,1-4H3,(H,28,31)/t19-,20-/m1/s1. The molecular weight excluding hydrogens is 510 g/mol. The van der Waals surface area contributed by atoms with Crippen LogP contribution in [-0.2, 0) is 19.5 Å². The molecule has 2 aliphatic heterocycles. The molecule has 2 atom stereocenters. The quantitative estimate of drug-likeness (QED) is 0.509. The largest absolute Gasteiger partial charge is 0.492 e. The molecule has 1 N–H and O–H groups in total. The van der Waals surface area contributed by atoms with Crippen molar-refractivity contribution in [3.8, 4) is 11.5 Å². The number of hydrogen-bond acceptors (Lipinski definition) is 8. The van der Waals surface area contributed by atoms with Crippen LogP contribution in [0.2, 0.25) is 0 Å². The van der Waals surface area contributed by atoms with Gasteiger partial charge in [-0.2, -0.15) is 4.31 Å². The lowest BCUT2D eigenvalue weighted by molar-refractivity contribution is -0.0440. The van der Waals surface area contributed by atoms with Crippen LogP contribution in [0.3, 0.4) is 0 Å². The van der Waals surface area contributed by atoms with Gasteiger partial charge in [-0.25, -0.2) is 8.42 Å². The molecule has 11 heteroatoms. The Morgan fingerprint density at radius 3 is 2.18 bits per heavy atom. The van der Waals surface area contributed by atoms with Crippen molar-refractivity contribution in [1.29, 1.82) is 0 Å². The molecule has 0 bridgehead atoms. The number of anilines is 2. The minimum Gasteiger partial charge on any atom is -0.492 e. The molecule has 38 heavy (non-hydrogen) atoms. The topological polar surface area (TPSA) is 107 Å². The second-order valence-electron chi connectivity index (χ2n) is 9.34. The Balaban J connectivity index is 1.55. The molecule has 208 valence electrons. The van der Waals surface area contributed by atoms with E-state index < -0.39 is 10.0 Å². The van der Waals surface area contributed by atoms with Crippen LogP contribution in [-0.4, -0.2) is 83.4 Å². The molecule has 0 spiro atoms. The molecule has 10 nitrogen and oxygen atoms in total. The third kappa shape index (κ3) is 6.40. The van der Waals surface area contributed by atoms with Gasteiger partial charge in [-0.15, -0.1) is 0 Å².